The highest BCUT2D eigenvalue weighted by Crippen LogP contribution is 2.29. The third-order valence-corrected chi connectivity index (χ3v) is 4.86. The van der Waals surface area contributed by atoms with Crippen LogP contribution in [0.4, 0.5) is 11.4 Å². The molecular weight excluding hydrogens is 300 g/mol. The molecule has 1 aromatic carbocycles. The van der Waals surface area contributed by atoms with Gasteiger partial charge in [0.05, 0.1) is 10.6 Å². The van der Waals surface area contributed by atoms with Crippen LogP contribution in [0.25, 0.3) is 0 Å². The summed E-state index contributed by atoms with van der Waals surface area (Å²) in [5, 5.41) is 19.8. The quantitative estimate of drug-likeness (QED) is 0.355. The van der Waals surface area contributed by atoms with Gasteiger partial charge in [-0.1, -0.05) is 6.92 Å². The number of nitrogens with one attached hydrogen (secondary N) is 1. The highest BCUT2D eigenvalue weighted by atomic mass is 32.2. The second-order valence-electron chi connectivity index (χ2n) is 4.16. The van der Waals surface area contributed by atoms with Crippen LogP contribution < -0.4 is 11.3 Å². The van der Waals surface area contributed by atoms with Crippen molar-refractivity contribution in [3.8, 4) is 0 Å². The standard InChI is InChI=1S/C11H18N4O5S/c1-2-14(6-3-7-16)21(19,20)11-8-9(13-12)4-5-10(11)15(17)18/h4-5,8,13,16H,2-3,6-7,12H2,1H3. The molecule has 0 radical (unpaired) electrons. The summed E-state index contributed by atoms with van der Waals surface area (Å²) in [5.41, 5.74) is 1.99. The average molecular weight is 318 g/mol. The third-order valence-electron chi connectivity index (χ3n) is 2.86. The van der Waals surface area contributed by atoms with E-state index in [9.17, 15) is 18.5 Å². The van der Waals surface area contributed by atoms with E-state index in [4.69, 9.17) is 10.9 Å². The van der Waals surface area contributed by atoms with E-state index in [0.717, 1.165) is 16.4 Å². The molecule has 0 saturated carbocycles. The predicted octanol–water partition coefficient (Wildman–Crippen LogP) is 0.273. The maximum absolute atomic E-state index is 12.5. The number of aliphatic hydroxyl groups excluding tert-OH is 1. The number of aliphatic hydroxyl groups is 1. The number of nitrogens with zero attached hydrogens (tertiary/aromatic N) is 2. The molecule has 21 heavy (non-hydrogen) atoms. The molecular formula is C11H18N4O5S. The maximum Gasteiger partial charge on any atom is 0.289 e. The Bertz CT molecular complexity index is 605. The largest absolute Gasteiger partial charge is 0.396 e. The summed E-state index contributed by atoms with van der Waals surface area (Å²) in [4.78, 5) is 9.84. The number of hydrogen-bond donors (Lipinski definition) is 3. The van der Waals surface area contributed by atoms with Gasteiger partial charge in [0.2, 0.25) is 10.0 Å². The second kappa shape index (κ2) is 7.31. The molecule has 0 aliphatic heterocycles. The van der Waals surface area contributed by atoms with Crippen molar-refractivity contribution in [2.75, 3.05) is 25.1 Å². The molecule has 4 N–H and O–H groups in total. The van der Waals surface area contributed by atoms with Crippen molar-refractivity contribution in [1.29, 1.82) is 0 Å². The smallest absolute Gasteiger partial charge is 0.289 e. The van der Waals surface area contributed by atoms with E-state index < -0.39 is 25.5 Å². The molecule has 0 aliphatic rings. The monoisotopic (exact) mass is 318 g/mol. The Morgan fingerprint density at radius 2 is 2.14 bits per heavy atom. The van der Waals surface area contributed by atoms with Crippen molar-refractivity contribution < 1.29 is 18.4 Å². The van der Waals surface area contributed by atoms with Crippen molar-refractivity contribution in [1.82, 2.24) is 4.31 Å². The van der Waals surface area contributed by atoms with Gasteiger partial charge in [-0.25, -0.2) is 8.42 Å². The Morgan fingerprint density at radius 1 is 1.48 bits per heavy atom. The number of nitrogens with two attached hydrogens (primary N) is 1. The van der Waals surface area contributed by atoms with Crippen LogP contribution in [-0.4, -0.2) is 42.4 Å². The van der Waals surface area contributed by atoms with E-state index >= 15 is 0 Å². The molecule has 0 spiro atoms. The average Bonchev–Trinajstić information content (AvgIpc) is 2.47. The third kappa shape index (κ3) is 3.88. The van der Waals surface area contributed by atoms with Crippen LogP contribution in [0.15, 0.2) is 23.1 Å². The number of sulfonamides is 1. The van der Waals surface area contributed by atoms with Gasteiger partial charge in [-0.15, -0.1) is 0 Å². The van der Waals surface area contributed by atoms with Crippen molar-refractivity contribution in [3.63, 3.8) is 0 Å². The van der Waals surface area contributed by atoms with Crippen molar-refractivity contribution in [2.45, 2.75) is 18.2 Å². The molecule has 0 aliphatic carbocycles. The van der Waals surface area contributed by atoms with Gasteiger partial charge in [0.15, 0.2) is 4.90 Å². The summed E-state index contributed by atoms with van der Waals surface area (Å²) in [7, 11) is -4.05. The number of nitrogen functional groups attached to an aromatic ring is 1. The lowest BCUT2D eigenvalue weighted by Crippen LogP contribution is -2.32. The fourth-order valence-electron chi connectivity index (χ4n) is 1.80. The van der Waals surface area contributed by atoms with Crippen molar-refractivity contribution in [3.05, 3.63) is 28.3 Å². The van der Waals surface area contributed by atoms with Gasteiger partial charge in [0.1, 0.15) is 0 Å². The zero-order valence-electron chi connectivity index (χ0n) is 11.5. The number of nitro benzene ring substituents is 1. The topological polar surface area (TPSA) is 139 Å². The fraction of sp³-hybridized carbons (Fsp3) is 0.455. The Balaban J connectivity index is 3.36. The minimum Gasteiger partial charge on any atom is -0.396 e. The Kier molecular flexibility index (Phi) is 6.03. The molecule has 0 bridgehead atoms. The van der Waals surface area contributed by atoms with Crippen LogP contribution in [0.1, 0.15) is 13.3 Å². The molecule has 0 atom stereocenters. The molecule has 9 nitrogen and oxygen atoms in total. The summed E-state index contributed by atoms with van der Waals surface area (Å²) in [6, 6.07) is 3.53. The molecule has 0 fully saturated rings. The second-order valence-corrected chi connectivity index (χ2v) is 6.06. The van der Waals surface area contributed by atoms with Gasteiger partial charge < -0.3 is 10.5 Å². The first-order valence-corrected chi connectivity index (χ1v) is 7.68. The molecule has 0 amide bonds. The van der Waals surface area contributed by atoms with Gasteiger partial charge >= 0.3 is 0 Å². The summed E-state index contributed by atoms with van der Waals surface area (Å²) in [6.07, 6.45) is 0.246. The first-order chi connectivity index (χ1) is 9.88. The minimum absolute atomic E-state index is 0.0762. The van der Waals surface area contributed by atoms with Gasteiger partial charge in [-0.05, 0) is 18.6 Å². The normalized spacial score (nSPS) is 11.6. The first kappa shape index (κ1) is 17.3. The zero-order chi connectivity index (χ0) is 16.0. The van der Waals surface area contributed by atoms with Crippen molar-refractivity contribution in [2.24, 2.45) is 5.84 Å². The van der Waals surface area contributed by atoms with Crippen LogP contribution in [-0.2, 0) is 10.0 Å². The number of nitro groups is 1. The van der Waals surface area contributed by atoms with Crippen LogP contribution in [0.3, 0.4) is 0 Å². The molecule has 1 rings (SSSR count). The molecule has 10 heteroatoms. The highest BCUT2D eigenvalue weighted by molar-refractivity contribution is 7.89. The van der Waals surface area contributed by atoms with E-state index in [0.29, 0.717) is 0 Å². The Labute approximate surface area is 122 Å². The molecule has 0 unspecified atom stereocenters. The van der Waals surface area contributed by atoms with Gasteiger partial charge in [-0.3, -0.25) is 16.0 Å². The zero-order valence-corrected chi connectivity index (χ0v) is 12.3. The summed E-state index contributed by atoms with van der Waals surface area (Å²) in [5.74, 6) is 5.22. The van der Waals surface area contributed by atoms with Gasteiger partial charge in [0.25, 0.3) is 5.69 Å². The molecule has 0 heterocycles. The van der Waals surface area contributed by atoms with E-state index in [1.165, 1.54) is 6.07 Å². The Morgan fingerprint density at radius 3 is 2.62 bits per heavy atom. The fourth-order valence-corrected chi connectivity index (χ4v) is 3.47. The van der Waals surface area contributed by atoms with Gasteiger partial charge in [-0.2, -0.15) is 4.31 Å². The molecule has 118 valence electrons. The lowest BCUT2D eigenvalue weighted by molar-refractivity contribution is -0.387. The van der Waals surface area contributed by atoms with Crippen LogP contribution in [0.5, 0.6) is 0 Å². The number of rotatable bonds is 8. The van der Waals surface area contributed by atoms with Crippen LogP contribution in [0, 0.1) is 10.1 Å². The molecule has 0 aromatic heterocycles. The van der Waals surface area contributed by atoms with Crippen LogP contribution >= 0.6 is 0 Å². The van der Waals surface area contributed by atoms with Gasteiger partial charge in [0, 0.05) is 25.8 Å². The Hall–Kier alpha value is -1.75. The van der Waals surface area contributed by atoms with E-state index in [1.54, 1.807) is 6.92 Å². The number of hydrazine groups is 1. The molecule has 0 saturated heterocycles. The summed E-state index contributed by atoms with van der Waals surface area (Å²) in [6.45, 7) is 1.66. The van der Waals surface area contributed by atoms with E-state index in [-0.39, 0.29) is 31.8 Å². The summed E-state index contributed by atoms with van der Waals surface area (Å²) >= 11 is 0. The summed E-state index contributed by atoms with van der Waals surface area (Å²) < 4.78 is 26.1. The van der Waals surface area contributed by atoms with E-state index in [1.807, 2.05) is 0 Å². The minimum atomic E-state index is -4.05. The van der Waals surface area contributed by atoms with E-state index in [2.05, 4.69) is 5.43 Å². The lowest BCUT2D eigenvalue weighted by Gasteiger charge is -2.20. The predicted molar refractivity (Wildman–Crippen MR) is 77.0 cm³/mol. The highest BCUT2D eigenvalue weighted by Gasteiger charge is 2.30. The number of benzene rings is 1. The SMILES string of the molecule is CCN(CCCO)S(=O)(=O)c1cc(NN)ccc1[N+](=O)[O-]. The number of hydrogen-bond acceptors (Lipinski definition) is 7. The van der Waals surface area contributed by atoms with Crippen molar-refractivity contribution >= 4 is 21.4 Å². The molecule has 1 aromatic rings. The number of anilines is 1. The lowest BCUT2D eigenvalue weighted by atomic mass is 10.3. The first-order valence-electron chi connectivity index (χ1n) is 6.24. The maximum atomic E-state index is 12.5. The van der Waals surface area contributed by atoms with Crippen LogP contribution in [0.2, 0.25) is 0 Å².